The fourth-order valence-corrected chi connectivity index (χ4v) is 2.81. The Hall–Kier alpha value is -2.85. The number of fused-ring (bicyclic) bond motifs is 1. The fourth-order valence-electron chi connectivity index (χ4n) is 2.81. The zero-order valence-corrected chi connectivity index (χ0v) is 15.3. The van der Waals surface area contributed by atoms with Crippen LogP contribution in [0.2, 0.25) is 0 Å². The quantitative estimate of drug-likeness (QED) is 0.603. The maximum atomic E-state index is 12.2. The molecule has 1 amide bonds. The Morgan fingerprint density at radius 1 is 1.12 bits per heavy atom. The van der Waals surface area contributed by atoms with Gasteiger partial charge in [0.2, 0.25) is 5.91 Å². The molecule has 3 aromatic rings. The van der Waals surface area contributed by atoms with Gasteiger partial charge in [-0.2, -0.15) is 0 Å². The zero-order chi connectivity index (χ0) is 18.7. The minimum Gasteiger partial charge on any atom is -0.390 e. The number of aromatic nitrogens is 1. The van der Waals surface area contributed by atoms with Crippen LogP contribution in [0, 0.1) is 0 Å². The zero-order valence-electron chi connectivity index (χ0n) is 15.3. The average Bonchev–Trinajstić information content (AvgIpc) is 3.02. The Balaban J connectivity index is 1.67. The van der Waals surface area contributed by atoms with Crippen LogP contribution in [0.25, 0.3) is 17.0 Å². The van der Waals surface area contributed by atoms with Crippen LogP contribution in [0.15, 0.2) is 54.6 Å². The number of aromatic amines is 1. The maximum absolute atomic E-state index is 12.2. The van der Waals surface area contributed by atoms with Crippen LogP contribution in [-0.4, -0.2) is 16.0 Å². The molecule has 0 aliphatic heterocycles. The number of nitrogens with one attached hydrogen (secondary N) is 2. The topological polar surface area (TPSA) is 65.1 Å². The van der Waals surface area contributed by atoms with E-state index in [0.717, 1.165) is 27.8 Å². The van der Waals surface area contributed by atoms with Crippen LogP contribution in [-0.2, 0) is 16.8 Å². The molecule has 4 heteroatoms. The summed E-state index contributed by atoms with van der Waals surface area (Å²) in [6, 6.07) is 15.7. The Morgan fingerprint density at radius 2 is 1.85 bits per heavy atom. The van der Waals surface area contributed by atoms with Crippen LogP contribution < -0.4 is 5.32 Å². The largest absolute Gasteiger partial charge is 0.390 e. The number of aliphatic hydroxyl groups excluding tert-OH is 1. The lowest BCUT2D eigenvalue weighted by Gasteiger charge is -2.18. The van der Waals surface area contributed by atoms with Crippen LogP contribution in [0.5, 0.6) is 0 Å². The molecule has 0 unspecified atom stereocenters. The summed E-state index contributed by atoms with van der Waals surface area (Å²) < 4.78 is 0. The number of anilines is 1. The number of aliphatic hydroxyl groups is 1. The Kier molecular flexibility index (Phi) is 4.96. The van der Waals surface area contributed by atoms with E-state index in [4.69, 9.17) is 0 Å². The maximum Gasteiger partial charge on any atom is 0.248 e. The highest BCUT2D eigenvalue weighted by molar-refractivity contribution is 6.03. The number of amides is 1. The minimum absolute atomic E-state index is 0.0346. The van der Waals surface area contributed by atoms with Crippen molar-refractivity contribution in [2.24, 2.45) is 0 Å². The molecule has 2 aromatic carbocycles. The predicted molar refractivity (Wildman–Crippen MR) is 107 cm³/mol. The second-order valence-electron chi connectivity index (χ2n) is 7.45. The lowest BCUT2D eigenvalue weighted by molar-refractivity contribution is -0.111. The highest BCUT2D eigenvalue weighted by Crippen LogP contribution is 2.23. The molecule has 0 atom stereocenters. The molecule has 4 nitrogen and oxygen atoms in total. The van der Waals surface area contributed by atoms with Gasteiger partial charge in [-0.05, 0) is 46.9 Å². The fraction of sp³-hybridized carbons (Fsp3) is 0.227. The number of carbonyl (C=O) groups excluding carboxylic acids is 1. The second kappa shape index (κ2) is 7.18. The summed E-state index contributed by atoms with van der Waals surface area (Å²) in [5, 5.41) is 13.0. The molecule has 1 heterocycles. The van der Waals surface area contributed by atoms with Gasteiger partial charge >= 0.3 is 0 Å². The molecule has 1 aromatic heterocycles. The van der Waals surface area contributed by atoms with E-state index in [-0.39, 0.29) is 17.9 Å². The molecule has 0 bridgehead atoms. The molecule has 3 rings (SSSR count). The van der Waals surface area contributed by atoms with Gasteiger partial charge in [0.1, 0.15) is 0 Å². The van der Waals surface area contributed by atoms with Crippen molar-refractivity contribution in [1.82, 2.24) is 4.98 Å². The third-order valence-corrected chi connectivity index (χ3v) is 4.32. The van der Waals surface area contributed by atoms with Crippen molar-refractivity contribution >= 4 is 28.6 Å². The lowest BCUT2D eigenvalue weighted by atomic mass is 9.87. The summed E-state index contributed by atoms with van der Waals surface area (Å²) >= 11 is 0. The van der Waals surface area contributed by atoms with Crippen LogP contribution in [0.1, 0.15) is 37.6 Å². The van der Waals surface area contributed by atoms with Crippen molar-refractivity contribution in [2.45, 2.75) is 32.8 Å². The molecule has 0 spiro atoms. The van der Waals surface area contributed by atoms with E-state index in [2.05, 4.69) is 43.2 Å². The van der Waals surface area contributed by atoms with Gasteiger partial charge in [-0.3, -0.25) is 4.79 Å². The van der Waals surface area contributed by atoms with E-state index in [1.165, 1.54) is 11.6 Å². The normalized spacial score (nSPS) is 12.0. The van der Waals surface area contributed by atoms with E-state index >= 15 is 0 Å². The number of benzene rings is 2. The summed E-state index contributed by atoms with van der Waals surface area (Å²) in [6.45, 7) is 6.50. The summed E-state index contributed by atoms with van der Waals surface area (Å²) in [6.07, 6.45) is 3.34. The molecule has 0 aliphatic carbocycles. The van der Waals surface area contributed by atoms with E-state index < -0.39 is 0 Å². The molecule has 3 N–H and O–H groups in total. The SMILES string of the molecule is CC(C)(C)c1ccc(C=CC(=O)Nc2ccc3[nH]c(CO)cc3c2)cc1. The number of rotatable bonds is 4. The Labute approximate surface area is 153 Å². The van der Waals surface area contributed by atoms with E-state index in [9.17, 15) is 9.90 Å². The van der Waals surface area contributed by atoms with Gasteiger partial charge in [-0.25, -0.2) is 0 Å². The van der Waals surface area contributed by atoms with Gasteiger partial charge in [0.25, 0.3) is 0 Å². The molecule has 134 valence electrons. The third kappa shape index (κ3) is 4.21. The number of hydrogen-bond donors (Lipinski definition) is 3. The molecule has 0 radical (unpaired) electrons. The van der Waals surface area contributed by atoms with Gasteiger partial charge in [-0.1, -0.05) is 45.0 Å². The predicted octanol–water partition coefficient (Wildman–Crippen LogP) is 4.61. The molecule has 0 aliphatic rings. The molecule has 0 fully saturated rings. The Morgan fingerprint density at radius 3 is 2.50 bits per heavy atom. The molecule has 0 saturated carbocycles. The van der Waals surface area contributed by atoms with Crippen molar-refractivity contribution in [3.8, 4) is 0 Å². The number of carbonyl (C=O) groups is 1. The number of H-pyrrole nitrogens is 1. The first-order valence-electron chi connectivity index (χ1n) is 8.67. The van der Waals surface area contributed by atoms with Crippen molar-refractivity contribution < 1.29 is 9.90 Å². The summed E-state index contributed by atoms with van der Waals surface area (Å²) in [4.78, 5) is 15.3. The summed E-state index contributed by atoms with van der Waals surface area (Å²) in [5.41, 5.74) is 4.78. The first kappa shape index (κ1) is 18.0. The molecular weight excluding hydrogens is 324 g/mol. The summed E-state index contributed by atoms with van der Waals surface area (Å²) in [7, 11) is 0. The van der Waals surface area contributed by atoms with E-state index in [0.29, 0.717) is 0 Å². The third-order valence-electron chi connectivity index (χ3n) is 4.32. The van der Waals surface area contributed by atoms with Gasteiger partial charge < -0.3 is 15.4 Å². The van der Waals surface area contributed by atoms with Crippen molar-refractivity contribution in [3.63, 3.8) is 0 Å². The van der Waals surface area contributed by atoms with E-state index in [1.807, 2.05) is 36.4 Å². The first-order valence-corrected chi connectivity index (χ1v) is 8.67. The standard InChI is InChI=1S/C22H24N2O2/c1-22(2,3)17-7-4-15(5-8-17)6-11-21(26)24-18-9-10-20-16(12-18)13-19(14-25)23-20/h4-13,23,25H,14H2,1-3H3,(H,24,26). The molecule has 0 saturated heterocycles. The highest BCUT2D eigenvalue weighted by Gasteiger charge is 2.12. The van der Waals surface area contributed by atoms with Crippen molar-refractivity contribution in [3.05, 3.63) is 71.4 Å². The van der Waals surface area contributed by atoms with Gasteiger partial charge in [0.15, 0.2) is 0 Å². The first-order chi connectivity index (χ1) is 12.3. The monoisotopic (exact) mass is 348 g/mol. The van der Waals surface area contributed by atoms with Crippen LogP contribution in [0.3, 0.4) is 0 Å². The van der Waals surface area contributed by atoms with Gasteiger partial charge in [0.05, 0.1) is 6.61 Å². The van der Waals surface area contributed by atoms with Crippen LogP contribution >= 0.6 is 0 Å². The van der Waals surface area contributed by atoms with Gasteiger partial charge in [0, 0.05) is 28.4 Å². The number of hydrogen-bond acceptors (Lipinski definition) is 2. The second-order valence-corrected chi connectivity index (χ2v) is 7.45. The minimum atomic E-state index is -0.179. The smallest absolute Gasteiger partial charge is 0.248 e. The highest BCUT2D eigenvalue weighted by atomic mass is 16.3. The van der Waals surface area contributed by atoms with Crippen molar-refractivity contribution in [1.29, 1.82) is 0 Å². The van der Waals surface area contributed by atoms with Gasteiger partial charge in [-0.15, -0.1) is 0 Å². The Bertz CT molecular complexity index is 944. The lowest BCUT2D eigenvalue weighted by Crippen LogP contribution is -2.10. The van der Waals surface area contributed by atoms with E-state index in [1.54, 1.807) is 6.08 Å². The molecule has 26 heavy (non-hydrogen) atoms. The average molecular weight is 348 g/mol. The van der Waals surface area contributed by atoms with Crippen molar-refractivity contribution in [2.75, 3.05) is 5.32 Å². The van der Waals surface area contributed by atoms with Crippen LogP contribution in [0.4, 0.5) is 5.69 Å². The molecular formula is C22H24N2O2. The summed E-state index contributed by atoms with van der Waals surface area (Å²) in [5.74, 6) is -0.179.